The van der Waals surface area contributed by atoms with Crippen LogP contribution in [0.15, 0.2) is 47.4 Å². The molecular formula is C20H21F3N2O6S. The summed E-state index contributed by atoms with van der Waals surface area (Å²) in [7, 11) is -2.89. The highest BCUT2D eigenvalue weighted by atomic mass is 32.2. The maximum atomic E-state index is 13.2. The second-order valence-electron chi connectivity index (χ2n) is 7.02. The summed E-state index contributed by atoms with van der Waals surface area (Å²) in [6, 6.07) is 8.35. The number of halogens is 3. The molecule has 0 unspecified atom stereocenters. The molecule has 0 spiro atoms. The van der Waals surface area contributed by atoms with E-state index < -0.39 is 33.8 Å². The molecular weight excluding hydrogens is 453 g/mol. The number of hydroxylamine groups is 1. The number of carbonyl (C=O) groups is 1. The van der Waals surface area contributed by atoms with Crippen molar-refractivity contribution in [2.24, 2.45) is 0 Å². The molecule has 1 aliphatic rings. The van der Waals surface area contributed by atoms with E-state index in [1.54, 1.807) is 0 Å². The number of nitrogens with zero attached hydrogens (tertiary/aromatic N) is 1. The average Bonchev–Trinajstić information content (AvgIpc) is 2.78. The zero-order chi connectivity index (χ0) is 23.5. The first-order valence-corrected chi connectivity index (χ1v) is 11.0. The topological polar surface area (TPSA) is 105 Å². The predicted octanol–water partition coefficient (Wildman–Crippen LogP) is 3.07. The summed E-state index contributed by atoms with van der Waals surface area (Å²) in [5.41, 5.74) is 0.372. The van der Waals surface area contributed by atoms with Crippen LogP contribution in [0.1, 0.15) is 28.8 Å². The molecule has 1 saturated heterocycles. The molecule has 1 aliphatic heterocycles. The summed E-state index contributed by atoms with van der Waals surface area (Å²) in [4.78, 5) is 11.6. The van der Waals surface area contributed by atoms with Crippen LogP contribution in [-0.4, -0.2) is 50.1 Å². The van der Waals surface area contributed by atoms with Gasteiger partial charge >= 0.3 is 6.18 Å². The van der Waals surface area contributed by atoms with Gasteiger partial charge in [0.1, 0.15) is 22.5 Å². The largest absolute Gasteiger partial charge is 0.495 e. The van der Waals surface area contributed by atoms with Gasteiger partial charge in [0.25, 0.3) is 5.91 Å². The maximum Gasteiger partial charge on any atom is 0.416 e. The molecule has 32 heavy (non-hydrogen) atoms. The van der Waals surface area contributed by atoms with Crippen molar-refractivity contribution >= 4 is 15.9 Å². The van der Waals surface area contributed by atoms with Gasteiger partial charge < -0.3 is 9.47 Å². The highest BCUT2D eigenvalue weighted by Crippen LogP contribution is 2.33. The van der Waals surface area contributed by atoms with Gasteiger partial charge in [0.15, 0.2) is 0 Å². The fraction of sp³-hybridized carbons (Fsp3) is 0.350. The number of nitrogens with one attached hydrogen (secondary N) is 1. The van der Waals surface area contributed by atoms with Crippen molar-refractivity contribution in [3.63, 3.8) is 0 Å². The molecule has 174 valence electrons. The van der Waals surface area contributed by atoms with Crippen molar-refractivity contribution in [2.45, 2.75) is 30.0 Å². The molecule has 0 atom stereocenters. The molecule has 1 fully saturated rings. The number of benzene rings is 2. The molecule has 3 rings (SSSR count). The molecule has 0 aliphatic carbocycles. The lowest BCUT2D eigenvalue weighted by molar-refractivity contribution is -0.137. The van der Waals surface area contributed by atoms with Crippen molar-refractivity contribution in [3.8, 4) is 11.5 Å². The first-order chi connectivity index (χ1) is 15.1. The van der Waals surface area contributed by atoms with E-state index in [1.807, 2.05) is 0 Å². The Morgan fingerprint density at radius 2 is 1.75 bits per heavy atom. The SMILES string of the molecule is COc1cccc(C(=O)NO)c1S(=O)(=O)N1CCC(Oc2ccc(C(F)(F)F)cc2)CC1. The monoisotopic (exact) mass is 474 g/mol. The summed E-state index contributed by atoms with van der Waals surface area (Å²) in [5, 5.41) is 8.96. The van der Waals surface area contributed by atoms with E-state index in [2.05, 4.69) is 0 Å². The van der Waals surface area contributed by atoms with E-state index in [-0.39, 0.29) is 47.9 Å². The zero-order valence-electron chi connectivity index (χ0n) is 16.9. The van der Waals surface area contributed by atoms with E-state index in [0.717, 1.165) is 12.1 Å². The van der Waals surface area contributed by atoms with Crippen molar-refractivity contribution < 1.29 is 41.1 Å². The summed E-state index contributed by atoms with van der Waals surface area (Å²) in [6.07, 6.45) is -4.26. The van der Waals surface area contributed by atoms with Gasteiger partial charge in [0.2, 0.25) is 10.0 Å². The summed E-state index contributed by atoms with van der Waals surface area (Å²) < 4.78 is 76.5. The van der Waals surface area contributed by atoms with E-state index in [9.17, 15) is 26.4 Å². The molecule has 2 N–H and O–H groups in total. The van der Waals surface area contributed by atoms with Gasteiger partial charge in [0, 0.05) is 13.1 Å². The van der Waals surface area contributed by atoms with Crippen molar-refractivity contribution in [3.05, 3.63) is 53.6 Å². The molecule has 0 bridgehead atoms. The number of rotatable bonds is 6. The van der Waals surface area contributed by atoms with Gasteiger partial charge in [-0.05, 0) is 49.2 Å². The number of sulfonamides is 1. The number of alkyl halides is 3. The van der Waals surface area contributed by atoms with Gasteiger partial charge in [-0.2, -0.15) is 17.5 Å². The molecule has 8 nitrogen and oxygen atoms in total. The third-order valence-corrected chi connectivity index (χ3v) is 7.01. The molecule has 1 amide bonds. The third-order valence-electron chi connectivity index (χ3n) is 5.03. The number of hydrogen-bond acceptors (Lipinski definition) is 6. The van der Waals surface area contributed by atoms with Crippen molar-refractivity contribution in [2.75, 3.05) is 20.2 Å². The van der Waals surface area contributed by atoms with Gasteiger partial charge in [-0.25, -0.2) is 13.9 Å². The molecule has 12 heteroatoms. The van der Waals surface area contributed by atoms with Gasteiger partial charge in [0.05, 0.1) is 18.2 Å². The summed E-state index contributed by atoms with van der Waals surface area (Å²) >= 11 is 0. The van der Waals surface area contributed by atoms with E-state index >= 15 is 0 Å². The van der Waals surface area contributed by atoms with Gasteiger partial charge in [-0.15, -0.1) is 0 Å². The van der Waals surface area contributed by atoms with Crippen LogP contribution in [0, 0.1) is 0 Å². The van der Waals surface area contributed by atoms with Crippen LogP contribution in [0.25, 0.3) is 0 Å². The highest BCUT2D eigenvalue weighted by molar-refractivity contribution is 7.89. The minimum absolute atomic E-state index is 0.0470. The van der Waals surface area contributed by atoms with Crippen molar-refractivity contribution in [1.82, 2.24) is 9.79 Å². The Morgan fingerprint density at radius 3 is 2.28 bits per heavy atom. The Labute approximate surface area is 182 Å². The van der Waals surface area contributed by atoms with Crippen LogP contribution in [-0.2, 0) is 16.2 Å². The van der Waals surface area contributed by atoms with Crippen molar-refractivity contribution in [1.29, 1.82) is 0 Å². The lowest BCUT2D eigenvalue weighted by Gasteiger charge is -2.32. The fourth-order valence-corrected chi connectivity index (χ4v) is 5.21. The van der Waals surface area contributed by atoms with Crippen LogP contribution in [0.2, 0.25) is 0 Å². The minimum Gasteiger partial charge on any atom is -0.495 e. The molecule has 0 aromatic heterocycles. The maximum absolute atomic E-state index is 13.2. The van der Waals surface area contributed by atoms with Crippen LogP contribution in [0.5, 0.6) is 11.5 Å². The first-order valence-electron chi connectivity index (χ1n) is 9.53. The number of carbonyl (C=O) groups excluding carboxylic acids is 1. The second kappa shape index (κ2) is 9.35. The standard InChI is InChI=1S/C20H21F3N2O6S/c1-30-17-4-2-3-16(19(26)24-27)18(17)32(28,29)25-11-9-15(10-12-25)31-14-7-5-13(6-8-14)20(21,22)23/h2-8,15,27H,9-12H2,1H3,(H,24,26). The molecule has 0 radical (unpaired) electrons. The van der Waals surface area contributed by atoms with Gasteiger partial charge in [-0.1, -0.05) is 6.07 Å². The van der Waals surface area contributed by atoms with Crippen LogP contribution < -0.4 is 15.0 Å². The Morgan fingerprint density at radius 1 is 1.12 bits per heavy atom. The number of piperidine rings is 1. The average molecular weight is 474 g/mol. The van der Waals surface area contributed by atoms with E-state index in [1.165, 1.54) is 47.2 Å². The lowest BCUT2D eigenvalue weighted by atomic mass is 10.1. The number of amides is 1. The molecule has 1 heterocycles. The van der Waals surface area contributed by atoms with Gasteiger partial charge in [-0.3, -0.25) is 10.0 Å². The zero-order valence-corrected chi connectivity index (χ0v) is 17.7. The Balaban J connectivity index is 1.73. The summed E-state index contributed by atoms with van der Waals surface area (Å²) in [5.74, 6) is -0.789. The minimum atomic E-state index is -4.44. The highest BCUT2D eigenvalue weighted by Gasteiger charge is 2.35. The number of hydrogen-bond donors (Lipinski definition) is 2. The lowest BCUT2D eigenvalue weighted by Crippen LogP contribution is -2.42. The third kappa shape index (κ3) is 4.97. The van der Waals surface area contributed by atoms with Crippen LogP contribution >= 0.6 is 0 Å². The molecule has 2 aromatic rings. The number of ether oxygens (including phenoxy) is 2. The molecule has 2 aromatic carbocycles. The quantitative estimate of drug-likeness (QED) is 0.493. The summed E-state index contributed by atoms with van der Waals surface area (Å²) in [6.45, 7) is 0.123. The van der Waals surface area contributed by atoms with Crippen LogP contribution in [0.4, 0.5) is 13.2 Å². The Hall–Kier alpha value is -2.83. The Kier molecular flexibility index (Phi) is 6.96. The smallest absolute Gasteiger partial charge is 0.416 e. The number of methoxy groups -OCH3 is 1. The predicted molar refractivity (Wildman–Crippen MR) is 106 cm³/mol. The van der Waals surface area contributed by atoms with Crippen LogP contribution in [0.3, 0.4) is 0 Å². The van der Waals surface area contributed by atoms with E-state index in [4.69, 9.17) is 14.7 Å². The molecule has 0 saturated carbocycles. The fourth-order valence-electron chi connectivity index (χ4n) is 3.42. The Bertz CT molecular complexity index is 1070. The first kappa shape index (κ1) is 23.8. The second-order valence-corrected chi connectivity index (χ2v) is 8.90. The normalized spacial score (nSPS) is 15.9. The van der Waals surface area contributed by atoms with E-state index in [0.29, 0.717) is 0 Å².